The third-order valence-electron chi connectivity index (χ3n) is 0.607. The van der Waals surface area contributed by atoms with Gasteiger partial charge in [0.2, 0.25) is 0 Å². The van der Waals surface area contributed by atoms with E-state index in [9.17, 15) is 13.2 Å². The number of halogens is 3. The van der Waals surface area contributed by atoms with Crippen LogP contribution in [0.5, 0.6) is 0 Å². The molecule has 0 aliphatic rings. The van der Waals surface area contributed by atoms with E-state index in [1.807, 2.05) is 30.3 Å². The van der Waals surface area contributed by atoms with E-state index < -0.39 is 6.36 Å². The normalized spacial score (nSPS) is 9.00. The van der Waals surface area contributed by atoms with E-state index in [1.165, 1.54) is 0 Å². The van der Waals surface area contributed by atoms with Crippen LogP contribution in [-0.4, -0.2) is 29.4 Å². The summed E-state index contributed by atoms with van der Waals surface area (Å²) in [5.74, 6) is 0. The van der Waals surface area contributed by atoms with E-state index in [0.29, 0.717) is 0 Å². The number of hydrogen-bond donors (Lipinski definition) is 0. The Labute approximate surface area is 84.4 Å². The van der Waals surface area contributed by atoms with Crippen molar-refractivity contribution in [3.63, 3.8) is 0 Å². The maximum absolute atomic E-state index is 9.80. The van der Waals surface area contributed by atoms with E-state index in [-0.39, 0.29) is 23.1 Å². The summed E-state index contributed by atoms with van der Waals surface area (Å²) in [6.07, 6.45) is -5.25. The Balaban J connectivity index is 0. The molecule has 0 unspecified atom stereocenters. The molecule has 0 radical (unpaired) electrons. The SMILES string of the molecule is [Mg+2].[O-]C(F)(F)F.[c-]1ccccc1. The van der Waals surface area contributed by atoms with Crippen LogP contribution in [0.25, 0.3) is 0 Å². The van der Waals surface area contributed by atoms with Crippen molar-refractivity contribution >= 4 is 23.1 Å². The molecule has 0 aliphatic carbocycles. The molecule has 0 heterocycles. The predicted octanol–water partition coefficient (Wildman–Crippen LogP) is 0.972. The van der Waals surface area contributed by atoms with Crippen molar-refractivity contribution in [2.75, 3.05) is 0 Å². The zero-order valence-corrected chi connectivity index (χ0v) is 7.55. The Morgan fingerprint density at radius 3 is 1.42 bits per heavy atom. The zero-order chi connectivity index (χ0) is 8.74. The second-order valence-corrected chi connectivity index (χ2v) is 1.52. The molecule has 1 aromatic rings. The van der Waals surface area contributed by atoms with Crippen molar-refractivity contribution in [3.8, 4) is 0 Å². The first-order valence-corrected chi connectivity index (χ1v) is 2.68. The molecule has 1 rings (SSSR count). The molecular weight excluding hydrogens is 181 g/mol. The van der Waals surface area contributed by atoms with Gasteiger partial charge < -0.3 is 5.11 Å². The summed E-state index contributed by atoms with van der Waals surface area (Å²) < 4.78 is 29.4. The number of benzene rings is 1. The summed E-state index contributed by atoms with van der Waals surface area (Å²) in [6, 6.07) is 12.5. The molecule has 1 aromatic carbocycles. The molecule has 1 nitrogen and oxygen atoms in total. The topological polar surface area (TPSA) is 23.1 Å². The smallest absolute Gasteiger partial charge is 0.771 e. The molecule has 0 N–H and O–H groups in total. The van der Waals surface area contributed by atoms with Crippen molar-refractivity contribution in [2.45, 2.75) is 6.36 Å². The van der Waals surface area contributed by atoms with E-state index in [1.54, 1.807) is 0 Å². The van der Waals surface area contributed by atoms with Crippen LogP contribution in [0.3, 0.4) is 0 Å². The Hall–Kier alpha value is -0.264. The zero-order valence-electron chi connectivity index (χ0n) is 6.14. The largest absolute Gasteiger partial charge is 2.00 e. The molecule has 0 bridgehead atoms. The average molecular weight is 186 g/mol. The minimum absolute atomic E-state index is 0. The molecule has 0 spiro atoms. The van der Waals surface area contributed by atoms with Gasteiger partial charge in [-0.15, -0.1) is 0 Å². The van der Waals surface area contributed by atoms with Crippen LogP contribution in [0.1, 0.15) is 0 Å². The van der Waals surface area contributed by atoms with Gasteiger partial charge in [0.05, 0.1) is 0 Å². The number of alkyl halides is 3. The van der Waals surface area contributed by atoms with Gasteiger partial charge in [-0.2, -0.15) is 49.6 Å². The Morgan fingerprint density at radius 1 is 1.00 bits per heavy atom. The number of hydrogen-bond acceptors (Lipinski definition) is 1. The fourth-order valence-electron chi connectivity index (χ4n) is 0.342. The maximum atomic E-state index is 9.80. The Bertz CT molecular complexity index is 143. The van der Waals surface area contributed by atoms with Crippen LogP contribution in [0.2, 0.25) is 0 Å². The summed E-state index contributed by atoms with van der Waals surface area (Å²) in [5, 5.41) is 8.10. The molecule has 0 aliphatic heterocycles. The summed E-state index contributed by atoms with van der Waals surface area (Å²) in [4.78, 5) is 0. The van der Waals surface area contributed by atoms with Crippen LogP contribution in [0.15, 0.2) is 30.3 Å². The molecule has 0 atom stereocenters. The van der Waals surface area contributed by atoms with Gasteiger partial charge in [0.15, 0.2) is 0 Å². The first-order valence-electron chi connectivity index (χ1n) is 2.68. The summed E-state index contributed by atoms with van der Waals surface area (Å²) in [6.45, 7) is 0. The van der Waals surface area contributed by atoms with Crippen molar-refractivity contribution in [1.82, 2.24) is 0 Å². The maximum Gasteiger partial charge on any atom is 2.00 e. The molecule has 0 aromatic heterocycles. The molecule has 5 heteroatoms. The molecule has 0 saturated heterocycles. The third-order valence-corrected chi connectivity index (χ3v) is 0.607. The average Bonchev–Trinajstić information content (AvgIpc) is 1.88. The molecule has 0 amide bonds. The van der Waals surface area contributed by atoms with Crippen molar-refractivity contribution in [3.05, 3.63) is 36.4 Å². The van der Waals surface area contributed by atoms with Gasteiger partial charge in [0.1, 0.15) is 0 Å². The van der Waals surface area contributed by atoms with Crippen molar-refractivity contribution in [1.29, 1.82) is 0 Å². The molecule has 0 fully saturated rings. The fourth-order valence-corrected chi connectivity index (χ4v) is 0.342. The number of rotatable bonds is 0. The molecule has 12 heavy (non-hydrogen) atoms. The first kappa shape index (κ1) is 14.3. The predicted molar refractivity (Wildman–Crippen MR) is 37.1 cm³/mol. The van der Waals surface area contributed by atoms with E-state index >= 15 is 0 Å². The van der Waals surface area contributed by atoms with Crippen molar-refractivity contribution < 1.29 is 18.3 Å². The van der Waals surface area contributed by atoms with Gasteiger partial charge in [-0.1, -0.05) is 0 Å². The second-order valence-electron chi connectivity index (χ2n) is 1.52. The van der Waals surface area contributed by atoms with Gasteiger partial charge >= 0.3 is 29.4 Å². The van der Waals surface area contributed by atoms with Gasteiger partial charge in [0, 0.05) is 0 Å². The van der Waals surface area contributed by atoms with E-state index in [2.05, 4.69) is 6.07 Å². The molecule has 62 valence electrons. The van der Waals surface area contributed by atoms with Crippen LogP contribution in [-0.2, 0) is 0 Å². The van der Waals surface area contributed by atoms with Crippen LogP contribution >= 0.6 is 0 Å². The minimum Gasteiger partial charge on any atom is -0.771 e. The molecule has 0 saturated carbocycles. The monoisotopic (exact) mass is 186 g/mol. The Kier molecular flexibility index (Phi) is 8.79. The summed E-state index contributed by atoms with van der Waals surface area (Å²) in [7, 11) is 0. The minimum atomic E-state index is -5.25. The fraction of sp³-hybridized carbons (Fsp3) is 0.143. The van der Waals surface area contributed by atoms with E-state index in [0.717, 1.165) is 0 Å². The first-order chi connectivity index (χ1) is 5.00. The van der Waals surface area contributed by atoms with Gasteiger partial charge in [0.25, 0.3) is 0 Å². The Morgan fingerprint density at radius 2 is 1.33 bits per heavy atom. The van der Waals surface area contributed by atoms with Crippen LogP contribution in [0, 0.1) is 6.07 Å². The van der Waals surface area contributed by atoms with Crippen LogP contribution < -0.4 is 5.11 Å². The summed E-state index contributed by atoms with van der Waals surface area (Å²) >= 11 is 0. The van der Waals surface area contributed by atoms with Gasteiger partial charge in [-0.05, 0) is 0 Å². The second kappa shape index (κ2) is 7.39. The standard InChI is InChI=1S/C6H5.CF3O.Mg/c1-2-4-6-5-3-1;2-1(3,4)5;/h1-5H;;/q2*-1;+2. The third kappa shape index (κ3) is 22.6. The van der Waals surface area contributed by atoms with Crippen LogP contribution in [0.4, 0.5) is 13.2 Å². The van der Waals surface area contributed by atoms with Gasteiger partial charge in [-0.25, -0.2) is 0 Å². The van der Waals surface area contributed by atoms with Gasteiger partial charge in [-0.3, -0.25) is 0 Å². The van der Waals surface area contributed by atoms with Crippen molar-refractivity contribution in [2.24, 2.45) is 0 Å². The van der Waals surface area contributed by atoms with E-state index in [4.69, 9.17) is 5.11 Å². The quantitative estimate of drug-likeness (QED) is 0.437. The summed E-state index contributed by atoms with van der Waals surface area (Å²) in [5.41, 5.74) is 0. The molecular formula is C7H5F3MgO.